The van der Waals surface area contributed by atoms with E-state index in [2.05, 4.69) is 17.0 Å². The fourth-order valence-electron chi connectivity index (χ4n) is 2.09. The monoisotopic (exact) mass is 337 g/mol. The van der Waals surface area contributed by atoms with Gasteiger partial charge in [-0.3, -0.25) is 9.59 Å². The number of esters is 2. The third kappa shape index (κ3) is 17.8. The van der Waals surface area contributed by atoms with Gasteiger partial charge >= 0.3 is 41.5 Å². The molecule has 0 aliphatic rings. The molecule has 0 aromatic carbocycles. The molecule has 23 heavy (non-hydrogen) atoms. The Balaban J connectivity index is 0. The third-order valence-electron chi connectivity index (χ3n) is 3.45. The molecule has 1 N–H and O–H groups in total. The molecular formula is C17H32NNaO4. The normalized spacial score (nSPS) is 9.83. The number of ether oxygens (including phenoxy) is 1. The van der Waals surface area contributed by atoms with Gasteiger partial charge in [-0.1, -0.05) is 65.2 Å². The SMILES string of the molecule is CCCCCCCCCCCC(=O)NCC(=O)OC(=O)CC.[NaH]. The molecule has 6 heteroatoms. The fourth-order valence-corrected chi connectivity index (χ4v) is 2.09. The minimum absolute atomic E-state index is 0. The third-order valence-corrected chi connectivity index (χ3v) is 3.45. The van der Waals surface area contributed by atoms with Crippen LogP contribution in [0, 0.1) is 0 Å². The molecule has 130 valence electrons. The Morgan fingerprint density at radius 1 is 0.783 bits per heavy atom. The van der Waals surface area contributed by atoms with Crippen LogP contribution in [0.2, 0.25) is 0 Å². The molecule has 0 unspecified atom stereocenters. The number of carbonyl (C=O) groups excluding carboxylic acids is 3. The van der Waals surface area contributed by atoms with Crippen molar-refractivity contribution in [1.29, 1.82) is 0 Å². The first kappa shape index (κ1) is 24.9. The van der Waals surface area contributed by atoms with E-state index in [4.69, 9.17) is 0 Å². The standard InChI is InChI=1S/C17H31NO4.Na.H/c1-3-5-6-7-8-9-10-11-12-13-15(19)18-14-17(21)22-16(20)4-2;;/h3-14H2,1-2H3,(H,18,19);;. The van der Waals surface area contributed by atoms with Gasteiger partial charge in [0.1, 0.15) is 6.54 Å². The van der Waals surface area contributed by atoms with Gasteiger partial charge in [0, 0.05) is 12.8 Å². The molecule has 0 rings (SSSR count). The molecular weight excluding hydrogens is 305 g/mol. The van der Waals surface area contributed by atoms with Crippen LogP contribution in [0.1, 0.15) is 84.5 Å². The van der Waals surface area contributed by atoms with Crippen LogP contribution in [0.5, 0.6) is 0 Å². The van der Waals surface area contributed by atoms with E-state index < -0.39 is 11.9 Å². The molecule has 0 radical (unpaired) electrons. The zero-order chi connectivity index (χ0) is 16.6. The van der Waals surface area contributed by atoms with Crippen LogP contribution in [0.3, 0.4) is 0 Å². The quantitative estimate of drug-likeness (QED) is 0.243. The zero-order valence-corrected chi connectivity index (χ0v) is 14.1. The summed E-state index contributed by atoms with van der Waals surface area (Å²) in [5.74, 6) is -1.44. The molecule has 5 nitrogen and oxygen atoms in total. The van der Waals surface area contributed by atoms with Crippen molar-refractivity contribution in [3.8, 4) is 0 Å². The second kappa shape index (κ2) is 18.0. The van der Waals surface area contributed by atoms with E-state index in [1.807, 2.05) is 0 Å². The molecule has 1 amide bonds. The summed E-state index contributed by atoms with van der Waals surface area (Å²) in [6, 6.07) is 0. The van der Waals surface area contributed by atoms with Crippen LogP contribution in [0.25, 0.3) is 0 Å². The summed E-state index contributed by atoms with van der Waals surface area (Å²) in [6.07, 6.45) is 11.4. The Morgan fingerprint density at radius 3 is 1.83 bits per heavy atom. The average molecular weight is 337 g/mol. The minimum atomic E-state index is -0.702. The van der Waals surface area contributed by atoms with Crippen molar-refractivity contribution in [2.24, 2.45) is 0 Å². The number of rotatable bonds is 13. The molecule has 0 aliphatic carbocycles. The van der Waals surface area contributed by atoms with Gasteiger partial charge in [0.2, 0.25) is 5.91 Å². The molecule has 0 saturated carbocycles. The van der Waals surface area contributed by atoms with Crippen LogP contribution in [0.4, 0.5) is 0 Å². The first-order chi connectivity index (χ1) is 10.6. The van der Waals surface area contributed by atoms with Crippen LogP contribution in [0.15, 0.2) is 0 Å². The van der Waals surface area contributed by atoms with Crippen LogP contribution >= 0.6 is 0 Å². The van der Waals surface area contributed by atoms with Crippen molar-refractivity contribution in [3.63, 3.8) is 0 Å². The van der Waals surface area contributed by atoms with Crippen molar-refractivity contribution in [2.45, 2.75) is 84.5 Å². The van der Waals surface area contributed by atoms with E-state index in [9.17, 15) is 14.4 Å². The van der Waals surface area contributed by atoms with Gasteiger partial charge in [-0.15, -0.1) is 0 Å². The first-order valence-corrected chi connectivity index (χ1v) is 8.60. The number of hydrogen-bond acceptors (Lipinski definition) is 4. The van der Waals surface area contributed by atoms with Gasteiger partial charge in [-0.25, -0.2) is 4.79 Å². The van der Waals surface area contributed by atoms with Gasteiger partial charge in [0.25, 0.3) is 0 Å². The summed E-state index contributed by atoms with van der Waals surface area (Å²) in [7, 11) is 0. The van der Waals surface area contributed by atoms with E-state index in [0.29, 0.717) is 6.42 Å². The number of carbonyl (C=O) groups is 3. The van der Waals surface area contributed by atoms with E-state index in [1.54, 1.807) is 6.92 Å². The van der Waals surface area contributed by atoms with Gasteiger partial charge < -0.3 is 10.1 Å². The first-order valence-electron chi connectivity index (χ1n) is 8.60. The Kier molecular flexibility index (Phi) is 19.4. The Hall–Kier alpha value is -0.390. The summed E-state index contributed by atoms with van der Waals surface area (Å²) < 4.78 is 4.46. The van der Waals surface area contributed by atoms with E-state index in [0.717, 1.165) is 19.3 Å². The predicted molar refractivity (Wildman–Crippen MR) is 93.4 cm³/mol. The Bertz CT molecular complexity index is 335. The molecule has 0 spiro atoms. The zero-order valence-electron chi connectivity index (χ0n) is 14.1. The molecule has 0 heterocycles. The number of amides is 1. The molecule has 0 aromatic heterocycles. The molecule has 0 aliphatic heterocycles. The summed E-state index contributed by atoms with van der Waals surface area (Å²) in [5.41, 5.74) is 0. The number of nitrogens with one attached hydrogen (secondary N) is 1. The molecule has 0 bridgehead atoms. The maximum absolute atomic E-state index is 11.5. The van der Waals surface area contributed by atoms with E-state index in [1.165, 1.54) is 38.5 Å². The van der Waals surface area contributed by atoms with Crippen molar-refractivity contribution in [3.05, 3.63) is 0 Å². The van der Waals surface area contributed by atoms with Gasteiger partial charge in [-0.2, -0.15) is 0 Å². The Morgan fingerprint density at radius 2 is 1.30 bits per heavy atom. The van der Waals surface area contributed by atoms with Crippen LogP contribution < -0.4 is 5.32 Å². The predicted octanol–water partition coefficient (Wildman–Crippen LogP) is 2.85. The van der Waals surface area contributed by atoms with Crippen LogP contribution in [-0.2, 0) is 19.1 Å². The second-order valence-electron chi connectivity index (χ2n) is 5.55. The van der Waals surface area contributed by atoms with Crippen LogP contribution in [-0.4, -0.2) is 53.9 Å². The van der Waals surface area contributed by atoms with E-state index >= 15 is 0 Å². The van der Waals surface area contributed by atoms with Gasteiger partial charge in [0.15, 0.2) is 0 Å². The van der Waals surface area contributed by atoms with Crippen molar-refractivity contribution in [1.82, 2.24) is 5.32 Å². The molecule has 0 aromatic rings. The molecule has 0 atom stereocenters. The van der Waals surface area contributed by atoms with Crippen molar-refractivity contribution < 1.29 is 19.1 Å². The molecule has 0 saturated heterocycles. The fraction of sp³-hybridized carbons (Fsp3) is 0.824. The average Bonchev–Trinajstić information content (AvgIpc) is 2.51. The van der Waals surface area contributed by atoms with Crippen molar-refractivity contribution in [2.75, 3.05) is 6.54 Å². The molecule has 0 fully saturated rings. The second-order valence-corrected chi connectivity index (χ2v) is 5.55. The summed E-state index contributed by atoms with van der Waals surface area (Å²) in [6.45, 7) is 3.59. The number of hydrogen-bond donors (Lipinski definition) is 1. The topological polar surface area (TPSA) is 72.5 Å². The van der Waals surface area contributed by atoms with Crippen molar-refractivity contribution >= 4 is 47.4 Å². The Labute approximate surface area is 162 Å². The summed E-state index contributed by atoms with van der Waals surface area (Å²) >= 11 is 0. The summed E-state index contributed by atoms with van der Waals surface area (Å²) in [4.78, 5) is 33.6. The van der Waals surface area contributed by atoms with E-state index in [-0.39, 0.29) is 48.4 Å². The van der Waals surface area contributed by atoms with Gasteiger partial charge in [-0.05, 0) is 6.42 Å². The summed E-state index contributed by atoms with van der Waals surface area (Å²) in [5, 5.41) is 2.47. The number of unbranched alkanes of at least 4 members (excludes halogenated alkanes) is 8. The maximum atomic E-state index is 11.5. The van der Waals surface area contributed by atoms with Gasteiger partial charge in [0.05, 0.1) is 0 Å².